The van der Waals surface area contributed by atoms with Gasteiger partial charge in [0.15, 0.2) is 5.65 Å². The molecule has 134 valence electrons. The van der Waals surface area contributed by atoms with E-state index < -0.39 is 0 Å². The van der Waals surface area contributed by atoms with Gasteiger partial charge < -0.3 is 10.2 Å². The average Bonchev–Trinajstić information content (AvgIpc) is 3.03. The van der Waals surface area contributed by atoms with Crippen LogP contribution in [-0.2, 0) is 6.54 Å². The number of amides is 2. The van der Waals surface area contributed by atoms with Crippen LogP contribution in [0.15, 0.2) is 36.5 Å². The van der Waals surface area contributed by atoms with Gasteiger partial charge in [0.25, 0.3) is 11.8 Å². The molecule has 0 fully saturated rings. The summed E-state index contributed by atoms with van der Waals surface area (Å²) in [6.07, 6.45) is 1.53. The van der Waals surface area contributed by atoms with Crippen LogP contribution in [0.25, 0.3) is 5.65 Å². The second kappa shape index (κ2) is 6.95. The minimum atomic E-state index is -0.231. The van der Waals surface area contributed by atoms with E-state index in [0.717, 1.165) is 17.0 Å². The Bertz CT molecular complexity index is 974. The zero-order chi connectivity index (χ0) is 18.8. The summed E-state index contributed by atoms with van der Waals surface area (Å²) in [5, 5.41) is 7.11. The molecule has 2 amide bonds. The van der Waals surface area contributed by atoms with Crippen LogP contribution >= 0.6 is 0 Å². The van der Waals surface area contributed by atoms with Crippen LogP contribution in [0.1, 0.15) is 37.7 Å². The van der Waals surface area contributed by atoms with E-state index in [-0.39, 0.29) is 11.8 Å². The number of hydrogen-bond donors (Lipinski definition) is 1. The van der Waals surface area contributed by atoms with Crippen molar-refractivity contribution in [3.8, 4) is 0 Å². The molecule has 0 saturated carbocycles. The highest BCUT2D eigenvalue weighted by Crippen LogP contribution is 2.12. The molecule has 3 aromatic rings. The van der Waals surface area contributed by atoms with Crippen LogP contribution in [0.3, 0.4) is 0 Å². The smallest absolute Gasteiger partial charge is 0.257 e. The molecule has 1 aromatic carbocycles. The number of fused-ring (bicyclic) bond motifs is 1. The predicted octanol–water partition coefficient (Wildman–Crippen LogP) is 1.98. The summed E-state index contributed by atoms with van der Waals surface area (Å²) >= 11 is 0. The molecule has 0 unspecified atom stereocenters. The maximum absolute atomic E-state index is 12.5. The summed E-state index contributed by atoms with van der Waals surface area (Å²) in [5.41, 5.74) is 4.27. The van der Waals surface area contributed by atoms with Crippen molar-refractivity contribution in [1.29, 1.82) is 0 Å². The molecule has 0 aliphatic heterocycles. The lowest BCUT2D eigenvalue weighted by atomic mass is 10.1. The maximum Gasteiger partial charge on any atom is 0.257 e. The van der Waals surface area contributed by atoms with Crippen molar-refractivity contribution in [1.82, 2.24) is 24.8 Å². The zero-order valence-electron chi connectivity index (χ0n) is 15.3. The summed E-state index contributed by atoms with van der Waals surface area (Å²) in [6, 6.07) is 9.10. The monoisotopic (exact) mass is 351 g/mol. The number of hydrogen-bond acceptors (Lipinski definition) is 4. The van der Waals surface area contributed by atoms with Gasteiger partial charge in [-0.05, 0) is 37.6 Å². The van der Waals surface area contributed by atoms with E-state index in [1.165, 1.54) is 11.1 Å². The summed E-state index contributed by atoms with van der Waals surface area (Å²) in [5.74, 6) is -0.283. The van der Waals surface area contributed by atoms with Gasteiger partial charge in [0.2, 0.25) is 0 Å². The molecule has 2 heterocycles. The van der Waals surface area contributed by atoms with E-state index in [9.17, 15) is 9.59 Å². The van der Waals surface area contributed by atoms with E-state index >= 15 is 0 Å². The number of rotatable bonds is 4. The Hall–Kier alpha value is -3.22. The zero-order valence-corrected chi connectivity index (χ0v) is 15.3. The lowest BCUT2D eigenvalue weighted by molar-refractivity contribution is 0.0827. The first-order valence-electron chi connectivity index (χ1n) is 8.27. The summed E-state index contributed by atoms with van der Waals surface area (Å²) in [6.45, 7) is 4.17. The molecule has 2 aromatic heterocycles. The fraction of sp³-hybridized carbons (Fsp3) is 0.263. The minimum absolute atomic E-state index is 0.0521. The molecule has 0 saturated heterocycles. The van der Waals surface area contributed by atoms with Gasteiger partial charge in [-0.1, -0.05) is 12.1 Å². The molecule has 7 heteroatoms. The van der Waals surface area contributed by atoms with Crippen LogP contribution in [0.2, 0.25) is 0 Å². The fourth-order valence-electron chi connectivity index (χ4n) is 2.73. The van der Waals surface area contributed by atoms with Crippen molar-refractivity contribution in [2.24, 2.45) is 0 Å². The first-order valence-corrected chi connectivity index (χ1v) is 8.27. The van der Waals surface area contributed by atoms with E-state index in [1.54, 1.807) is 30.7 Å². The number of aryl methyl sites for hydroxylation is 2. The Morgan fingerprint density at radius 2 is 1.85 bits per heavy atom. The highest BCUT2D eigenvalue weighted by molar-refractivity contribution is 5.99. The Morgan fingerprint density at radius 1 is 1.15 bits per heavy atom. The maximum atomic E-state index is 12.5. The molecule has 0 spiro atoms. The van der Waals surface area contributed by atoms with Gasteiger partial charge in [-0.2, -0.15) is 5.10 Å². The highest BCUT2D eigenvalue weighted by Gasteiger charge is 2.15. The largest absolute Gasteiger partial charge is 0.348 e. The Balaban J connectivity index is 1.72. The second-order valence-electron chi connectivity index (χ2n) is 6.41. The molecular weight excluding hydrogens is 330 g/mol. The summed E-state index contributed by atoms with van der Waals surface area (Å²) in [4.78, 5) is 30.4. The van der Waals surface area contributed by atoms with Gasteiger partial charge in [-0.15, -0.1) is 0 Å². The third-order valence-corrected chi connectivity index (χ3v) is 4.08. The first-order chi connectivity index (χ1) is 12.4. The molecule has 26 heavy (non-hydrogen) atoms. The van der Waals surface area contributed by atoms with E-state index in [1.807, 2.05) is 32.0 Å². The van der Waals surface area contributed by atoms with Crippen molar-refractivity contribution < 1.29 is 9.59 Å². The van der Waals surface area contributed by atoms with Gasteiger partial charge >= 0.3 is 0 Å². The molecule has 0 aliphatic carbocycles. The molecule has 1 N–H and O–H groups in total. The molecule has 7 nitrogen and oxygen atoms in total. The molecular formula is C19H21N5O2. The Kier molecular flexibility index (Phi) is 4.71. The van der Waals surface area contributed by atoms with Crippen LogP contribution < -0.4 is 5.32 Å². The Labute approximate surface area is 151 Å². The Morgan fingerprint density at radius 3 is 2.50 bits per heavy atom. The number of nitrogens with one attached hydrogen (secondary N) is 1. The summed E-state index contributed by atoms with van der Waals surface area (Å²) in [7, 11) is 3.42. The average molecular weight is 351 g/mol. The van der Waals surface area contributed by atoms with Crippen LogP contribution in [0.4, 0.5) is 0 Å². The third kappa shape index (κ3) is 3.42. The minimum Gasteiger partial charge on any atom is -0.348 e. The summed E-state index contributed by atoms with van der Waals surface area (Å²) < 4.78 is 1.66. The molecule has 3 rings (SSSR count). The van der Waals surface area contributed by atoms with E-state index in [4.69, 9.17) is 0 Å². The standard InChI is InChI=1S/C19H21N5O2/c1-12-9-13(2)24-17(22-12)16(11-21-24)18(25)20-10-14-5-7-15(8-6-14)19(26)23(3)4/h5-9,11H,10H2,1-4H3,(H,20,25). The molecule has 0 atom stereocenters. The number of carbonyl (C=O) groups excluding carboxylic acids is 2. The molecule has 0 bridgehead atoms. The van der Waals surface area contributed by atoms with Gasteiger partial charge in [0.1, 0.15) is 5.56 Å². The van der Waals surface area contributed by atoms with Gasteiger partial charge in [0.05, 0.1) is 6.20 Å². The topological polar surface area (TPSA) is 79.6 Å². The lowest BCUT2D eigenvalue weighted by Gasteiger charge is -2.10. The molecule has 0 radical (unpaired) electrons. The highest BCUT2D eigenvalue weighted by atomic mass is 16.2. The quantitative estimate of drug-likeness (QED) is 0.779. The van der Waals surface area contributed by atoms with Gasteiger partial charge in [-0.3, -0.25) is 9.59 Å². The van der Waals surface area contributed by atoms with Crippen LogP contribution in [0.5, 0.6) is 0 Å². The first kappa shape index (κ1) is 17.6. The van der Waals surface area contributed by atoms with E-state index in [0.29, 0.717) is 23.3 Å². The van der Waals surface area contributed by atoms with Crippen molar-refractivity contribution in [2.75, 3.05) is 14.1 Å². The SMILES string of the molecule is Cc1cc(C)n2ncc(C(=O)NCc3ccc(C(=O)N(C)C)cc3)c2n1. The van der Waals surface area contributed by atoms with Gasteiger partial charge in [-0.25, -0.2) is 9.50 Å². The second-order valence-corrected chi connectivity index (χ2v) is 6.41. The predicted molar refractivity (Wildman–Crippen MR) is 98.1 cm³/mol. The number of nitrogens with zero attached hydrogens (tertiary/aromatic N) is 4. The van der Waals surface area contributed by atoms with Crippen molar-refractivity contribution in [2.45, 2.75) is 20.4 Å². The normalized spacial score (nSPS) is 10.8. The van der Waals surface area contributed by atoms with E-state index in [2.05, 4.69) is 15.4 Å². The van der Waals surface area contributed by atoms with Crippen molar-refractivity contribution in [3.05, 3.63) is 64.6 Å². The third-order valence-electron chi connectivity index (χ3n) is 4.08. The van der Waals surface area contributed by atoms with Crippen molar-refractivity contribution in [3.63, 3.8) is 0 Å². The van der Waals surface area contributed by atoms with Gasteiger partial charge in [0, 0.05) is 37.6 Å². The molecule has 0 aliphatic rings. The number of aromatic nitrogens is 3. The number of carbonyl (C=O) groups is 2. The lowest BCUT2D eigenvalue weighted by Crippen LogP contribution is -2.23. The number of benzene rings is 1. The van der Waals surface area contributed by atoms with Crippen LogP contribution in [0, 0.1) is 13.8 Å². The van der Waals surface area contributed by atoms with Crippen LogP contribution in [-0.4, -0.2) is 45.4 Å². The van der Waals surface area contributed by atoms with Crippen molar-refractivity contribution >= 4 is 17.5 Å². The fourth-order valence-corrected chi connectivity index (χ4v) is 2.73.